The van der Waals surface area contributed by atoms with Crippen molar-refractivity contribution in [1.29, 1.82) is 0 Å². The van der Waals surface area contributed by atoms with Crippen LogP contribution in [0, 0.1) is 5.92 Å². The highest BCUT2D eigenvalue weighted by Crippen LogP contribution is 2.46. The molecule has 1 heterocycles. The predicted molar refractivity (Wildman–Crippen MR) is 184 cm³/mol. The maximum Gasteiger partial charge on any atom is 0.408 e. The molecule has 2 aromatic rings. The average Bonchev–Trinajstić information content (AvgIpc) is 3.63. The van der Waals surface area contributed by atoms with E-state index in [2.05, 4.69) is 23.8 Å². The van der Waals surface area contributed by atoms with Crippen LogP contribution >= 0.6 is 0 Å². The summed E-state index contributed by atoms with van der Waals surface area (Å²) >= 11 is 0. The van der Waals surface area contributed by atoms with Gasteiger partial charge in [0.25, 0.3) is 0 Å². The molecule has 1 saturated heterocycles. The Morgan fingerprint density at radius 2 is 1.67 bits per heavy atom. The molecule has 2 aliphatic rings. The molecule has 0 aromatic heterocycles. The third-order valence-electron chi connectivity index (χ3n) is 9.24. The summed E-state index contributed by atoms with van der Waals surface area (Å²) in [5.41, 5.74) is -0.543. The van der Waals surface area contributed by atoms with E-state index in [0.29, 0.717) is 12.8 Å². The summed E-state index contributed by atoms with van der Waals surface area (Å²) < 4.78 is 11.6. The Morgan fingerprint density at radius 1 is 1.00 bits per heavy atom. The quantitative estimate of drug-likeness (QED) is 0.158. The second-order valence-electron chi connectivity index (χ2n) is 13.8. The minimum atomic E-state index is -1.48. The van der Waals surface area contributed by atoms with Gasteiger partial charge in [-0.2, -0.15) is 0 Å². The lowest BCUT2D eigenvalue weighted by molar-refractivity contribution is -0.145. The van der Waals surface area contributed by atoms with E-state index < -0.39 is 58.6 Å². The molecule has 258 valence electrons. The average molecular weight is 660 g/mol. The molecule has 3 N–H and O–H groups in total. The molecule has 0 bridgehead atoms. The topological polar surface area (TPSA) is 134 Å². The highest BCUT2D eigenvalue weighted by Gasteiger charge is 2.62. The van der Waals surface area contributed by atoms with Gasteiger partial charge in [-0.05, 0) is 63.1 Å². The number of hydrogen-bond acceptors (Lipinski definition) is 6. The number of methoxy groups -OCH3 is 1. The molecule has 0 radical (unpaired) electrons. The minimum absolute atomic E-state index is 0.0129. The van der Waals surface area contributed by atoms with Crippen molar-refractivity contribution in [3.63, 3.8) is 0 Å². The van der Waals surface area contributed by atoms with Gasteiger partial charge in [-0.15, -0.1) is 13.2 Å². The number of carbonyl (C=O) groups is 4. The Morgan fingerprint density at radius 3 is 2.23 bits per heavy atom. The van der Waals surface area contributed by atoms with E-state index >= 15 is 0 Å². The van der Waals surface area contributed by atoms with Gasteiger partial charge in [0.1, 0.15) is 28.8 Å². The highest BCUT2D eigenvalue weighted by atomic mass is 16.6. The van der Waals surface area contributed by atoms with Gasteiger partial charge in [-0.3, -0.25) is 9.59 Å². The number of carbonyl (C=O) groups excluding carboxylic acids is 3. The number of carboxylic acid groups (broad SMARTS) is 1. The van der Waals surface area contributed by atoms with Crippen molar-refractivity contribution in [3.8, 4) is 11.1 Å². The number of alkyl carbamates (subject to hydrolysis) is 1. The smallest absolute Gasteiger partial charge is 0.408 e. The van der Waals surface area contributed by atoms with Crippen LogP contribution in [-0.2, 0) is 29.5 Å². The van der Waals surface area contributed by atoms with E-state index in [-0.39, 0.29) is 19.4 Å². The van der Waals surface area contributed by atoms with E-state index in [1.165, 1.54) is 18.1 Å². The summed E-state index contributed by atoms with van der Waals surface area (Å²) in [7, 11) is 1.54. The Balaban J connectivity index is 1.67. The molecule has 4 rings (SSSR count). The molecule has 10 nitrogen and oxygen atoms in total. The van der Waals surface area contributed by atoms with Crippen molar-refractivity contribution in [2.45, 2.75) is 94.5 Å². The molecule has 5 atom stereocenters. The molecule has 0 spiro atoms. The van der Waals surface area contributed by atoms with Gasteiger partial charge in [-0.1, -0.05) is 79.6 Å². The van der Waals surface area contributed by atoms with Gasteiger partial charge >= 0.3 is 12.1 Å². The molecule has 3 amide bonds. The van der Waals surface area contributed by atoms with Gasteiger partial charge < -0.3 is 30.1 Å². The molecule has 1 aliphatic carbocycles. The van der Waals surface area contributed by atoms with Gasteiger partial charge in [0.2, 0.25) is 11.8 Å². The number of amides is 3. The molecular weight excluding hydrogens is 610 g/mol. The molecule has 3 unspecified atom stereocenters. The summed E-state index contributed by atoms with van der Waals surface area (Å²) in [6.45, 7) is 12.7. The lowest BCUT2D eigenvalue weighted by Gasteiger charge is -2.31. The maximum absolute atomic E-state index is 14.5. The lowest BCUT2D eigenvalue weighted by Crippen LogP contribution is -2.56. The zero-order chi connectivity index (χ0) is 35.1. The van der Waals surface area contributed by atoms with Crippen LogP contribution in [0.25, 0.3) is 11.1 Å². The molecule has 1 aliphatic heterocycles. The third kappa shape index (κ3) is 8.34. The number of ether oxygens (including phenoxy) is 2. The van der Waals surface area contributed by atoms with E-state index in [9.17, 15) is 24.3 Å². The van der Waals surface area contributed by atoms with Gasteiger partial charge in [0, 0.05) is 19.4 Å². The Bertz CT molecular complexity index is 1490. The van der Waals surface area contributed by atoms with Gasteiger partial charge in [0.15, 0.2) is 0 Å². The second kappa shape index (κ2) is 15.2. The van der Waals surface area contributed by atoms with Crippen LogP contribution in [-0.4, -0.2) is 70.8 Å². The summed E-state index contributed by atoms with van der Waals surface area (Å²) in [4.78, 5) is 55.1. The number of rotatable bonds is 15. The fourth-order valence-corrected chi connectivity index (χ4v) is 6.45. The van der Waals surface area contributed by atoms with E-state index in [1.54, 1.807) is 20.8 Å². The first kappa shape index (κ1) is 36.4. The van der Waals surface area contributed by atoms with Crippen LogP contribution in [0.3, 0.4) is 0 Å². The molecule has 2 fully saturated rings. The number of nitrogens with zero attached hydrogens (tertiary/aromatic N) is 1. The van der Waals surface area contributed by atoms with Crippen molar-refractivity contribution in [2.75, 3.05) is 13.7 Å². The number of nitrogens with one attached hydrogen (secondary N) is 2. The Labute approximate surface area is 283 Å². The van der Waals surface area contributed by atoms with Crippen molar-refractivity contribution < 1.29 is 33.8 Å². The van der Waals surface area contributed by atoms with Crippen LogP contribution < -0.4 is 10.6 Å². The summed E-state index contributed by atoms with van der Waals surface area (Å²) in [5, 5.41) is 15.5. The van der Waals surface area contributed by atoms with Gasteiger partial charge in [-0.25, -0.2) is 9.59 Å². The van der Waals surface area contributed by atoms with E-state index in [1.807, 2.05) is 60.7 Å². The first-order valence-corrected chi connectivity index (χ1v) is 16.6. The summed E-state index contributed by atoms with van der Waals surface area (Å²) in [5.74, 6) is -2.66. The summed E-state index contributed by atoms with van der Waals surface area (Å²) in [6.07, 6.45) is 6.42. The maximum atomic E-state index is 14.5. The molecule has 48 heavy (non-hydrogen) atoms. The van der Waals surface area contributed by atoms with Crippen molar-refractivity contribution in [3.05, 3.63) is 85.5 Å². The van der Waals surface area contributed by atoms with Crippen molar-refractivity contribution in [2.24, 2.45) is 5.92 Å². The van der Waals surface area contributed by atoms with Crippen LogP contribution in [0.4, 0.5) is 4.79 Å². The van der Waals surface area contributed by atoms with Crippen LogP contribution in [0.2, 0.25) is 0 Å². The normalized spacial score (nSPS) is 23.9. The molecule has 2 aromatic carbocycles. The van der Waals surface area contributed by atoms with Crippen LogP contribution in [0.15, 0.2) is 79.9 Å². The monoisotopic (exact) mass is 659 g/mol. The molecule has 10 heteroatoms. The lowest BCUT2D eigenvalue weighted by atomic mass is 9.89. The largest absolute Gasteiger partial charge is 0.479 e. The molecular formula is C38H49N3O7. The zero-order valence-electron chi connectivity index (χ0n) is 28.5. The number of hydrogen-bond donors (Lipinski definition) is 3. The number of allylic oxidation sites excluding steroid dienone is 1. The zero-order valence-corrected chi connectivity index (χ0v) is 28.5. The number of unbranched alkanes of at least 4 members (excludes halogenated alkanes) is 3. The predicted octanol–water partition coefficient (Wildman–Crippen LogP) is 5.97. The highest BCUT2D eigenvalue weighted by molar-refractivity contribution is 5.96. The van der Waals surface area contributed by atoms with Crippen molar-refractivity contribution >= 4 is 23.9 Å². The minimum Gasteiger partial charge on any atom is -0.479 e. The number of aliphatic carboxylic acids is 1. The number of benzene rings is 2. The van der Waals surface area contributed by atoms with Crippen molar-refractivity contribution in [1.82, 2.24) is 15.5 Å². The first-order valence-electron chi connectivity index (χ1n) is 16.6. The third-order valence-corrected chi connectivity index (χ3v) is 9.24. The SMILES string of the molecule is C=CCCCCCC(NC(=O)OC(C)(C)C)C(=O)N1C[C@](OC)(c2ccc(-c3ccccc3)cc2)C[C@H]1C(=O)NC1(C(=O)O)CC1C=C. The number of carboxylic acids is 1. The first-order chi connectivity index (χ1) is 22.8. The number of likely N-dealkylation sites (tertiary alicyclic amines) is 1. The fourth-order valence-electron chi connectivity index (χ4n) is 6.45. The fraction of sp³-hybridized carbons (Fsp3) is 0.474. The summed E-state index contributed by atoms with van der Waals surface area (Å²) in [6, 6.07) is 15.6. The second-order valence-corrected chi connectivity index (χ2v) is 13.8. The standard InChI is InChI=1S/C38H49N3O7/c1-7-9-10-11-15-18-30(39-35(46)48-36(3,4)5)33(43)41-25-37(47-6,29-21-19-27(20-22-29)26-16-13-12-14-17-26)24-31(41)32(42)40-38(34(44)45)23-28(38)8-2/h7-8,12-14,16-17,19-22,28,30-31H,1-2,9-11,15,18,23-25H2,3-6H3,(H,39,46)(H,40,42)(H,44,45)/t28?,30?,31-,37-,38?/m0/s1. The van der Waals surface area contributed by atoms with E-state index in [0.717, 1.165) is 36.0 Å². The van der Waals surface area contributed by atoms with Gasteiger partial charge in [0.05, 0.1) is 6.54 Å². The Hall–Kier alpha value is -4.44. The Kier molecular flexibility index (Phi) is 11.5. The van der Waals surface area contributed by atoms with Crippen LogP contribution in [0.5, 0.6) is 0 Å². The van der Waals surface area contributed by atoms with E-state index in [4.69, 9.17) is 9.47 Å². The molecule has 1 saturated carbocycles. The van der Waals surface area contributed by atoms with Crippen LogP contribution in [0.1, 0.15) is 71.3 Å².